The fourth-order valence-electron chi connectivity index (χ4n) is 5.11. The number of halogens is 1. The maximum absolute atomic E-state index is 13.6. The molecule has 9 heteroatoms. The predicted molar refractivity (Wildman–Crippen MR) is 147 cm³/mol. The molecule has 0 bridgehead atoms. The molecule has 0 atom stereocenters. The Morgan fingerprint density at radius 3 is 2.50 bits per heavy atom. The van der Waals surface area contributed by atoms with E-state index in [-0.39, 0.29) is 36.9 Å². The van der Waals surface area contributed by atoms with Crippen LogP contribution in [0.25, 0.3) is 16.3 Å². The minimum Gasteiger partial charge on any atom is -0.396 e. The molecule has 8 nitrogen and oxygen atoms in total. The molecule has 1 amide bonds. The van der Waals surface area contributed by atoms with Gasteiger partial charge in [0.2, 0.25) is 5.91 Å². The van der Waals surface area contributed by atoms with Gasteiger partial charge in [0, 0.05) is 78.6 Å². The lowest BCUT2D eigenvalue weighted by molar-refractivity contribution is -0.120. The lowest BCUT2D eigenvalue weighted by Gasteiger charge is -2.26. The van der Waals surface area contributed by atoms with E-state index in [1.165, 1.54) is 0 Å². The molecule has 4 aromatic rings. The molecule has 0 unspecified atom stereocenters. The highest BCUT2D eigenvalue weighted by molar-refractivity contribution is 6.30. The highest BCUT2D eigenvalue weighted by atomic mass is 35.5. The van der Waals surface area contributed by atoms with Gasteiger partial charge in [-0.3, -0.25) is 14.5 Å². The van der Waals surface area contributed by atoms with Gasteiger partial charge in [-0.2, -0.15) is 0 Å². The van der Waals surface area contributed by atoms with Crippen molar-refractivity contribution in [1.82, 2.24) is 14.6 Å². The van der Waals surface area contributed by atoms with E-state index in [0.717, 1.165) is 40.8 Å². The first-order chi connectivity index (χ1) is 18.4. The van der Waals surface area contributed by atoms with Crippen molar-refractivity contribution in [3.63, 3.8) is 0 Å². The van der Waals surface area contributed by atoms with Crippen LogP contribution in [0.5, 0.6) is 0 Å². The summed E-state index contributed by atoms with van der Waals surface area (Å²) in [6.45, 7) is 3.81. The smallest absolute Gasteiger partial charge is 0.224 e. The van der Waals surface area contributed by atoms with Crippen molar-refractivity contribution in [2.45, 2.75) is 25.9 Å². The monoisotopic (exact) mass is 537 g/mol. The fraction of sp³-hybridized carbons (Fsp3) is 0.379. The summed E-state index contributed by atoms with van der Waals surface area (Å²) in [4.78, 5) is 28.8. The molecule has 0 saturated carbocycles. The van der Waals surface area contributed by atoms with Crippen LogP contribution in [-0.4, -0.2) is 64.9 Å². The van der Waals surface area contributed by atoms with Crippen LogP contribution in [-0.2, 0) is 35.5 Å². The van der Waals surface area contributed by atoms with Crippen molar-refractivity contribution in [3.05, 3.63) is 86.3 Å². The second-order valence-electron chi connectivity index (χ2n) is 9.97. The van der Waals surface area contributed by atoms with E-state index in [0.29, 0.717) is 48.7 Å². The molecule has 0 spiro atoms. The quantitative estimate of drug-likeness (QED) is 0.287. The van der Waals surface area contributed by atoms with E-state index < -0.39 is 0 Å². The molecule has 0 radical (unpaired) electrons. The summed E-state index contributed by atoms with van der Waals surface area (Å²) < 4.78 is 7.42. The van der Waals surface area contributed by atoms with Gasteiger partial charge >= 0.3 is 0 Å². The van der Waals surface area contributed by atoms with E-state index in [9.17, 15) is 19.8 Å². The van der Waals surface area contributed by atoms with Crippen LogP contribution < -0.4 is 10.7 Å². The molecule has 0 aliphatic carbocycles. The molecule has 1 fully saturated rings. The summed E-state index contributed by atoms with van der Waals surface area (Å²) >= 11 is 5.94. The molecule has 1 aliphatic rings. The Morgan fingerprint density at radius 1 is 1.05 bits per heavy atom. The molecule has 2 aromatic heterocycles. The van der Waals surface area contributed by atoms with Crippen molar-refractivity contribution in [3.8, 4) is 0 Å². The van der Waals surface area contributed by atoms with Crippen molar-refractivity contribution in [2.75, 3.05) is 39.5 Å². The Morgan fingerprint density at radius 2 is 1.79 bits per heavy atom. The lowest BCUT2D eigenvalue weighted by atomic mass is 10.0. The lowest BCUT2D eigenvalue weighted by Crippen LogP contribution is -2.35. The van der Waals surface area contributed by atoms with Gasteiger partial charge in [-0.15, -0.1) is 0 Å². The molecular formula is C29H32ClN3O5. The highest BCUT2D eigenvalue weighted by Crippen LogP contribution is 2.28. The number of morpholine rings is 1. The van der Waals surface area contributed by atoms with Crippen LogP contribution in [0.3, 0.4) is 0 Å². The Labute approximate surface area is 225 Å². The van der Waals surface area contributed by atoms with Crippen molar-refractivity contribution >= 4 is 33.8 Å². The third kappa shape index (κ3) is 5.85. The van der Waals surface area contributed by atoms with Gasteiger partial charge in [0.05, 0.1) is 25.2 Å². The van der Waals surface area contributed by atoms with E-state index in [1.54, 1.807) is 18.3 Å². The van der Waals surface area contributed by atoms with Crippen molar-refractivity contribution < 1.29 is 19.7 Å². The van der Waals surface area contributed by atoms with E-state index >= 15 is 0 Å². The summed E-state index contributed by atoms with van der Waals surface area (Å²) in [5, 5.41) is 24.4. The number of carbonyl (C=O) groups excluding carboxylic acids is 1. The number of hydrogen-bond donors (Lipinski definition) is 3. The second-order valence-corrected chi connectivity index (χ2v) is 10.4. The Hall–Kier alpha value is -3.01. The summed E-state index contributed by atoms with van der Waals surface area (Å²) in [6, 6.07) is 13.3. The number of amides is 1. The highest BCUT2D eigenvalue weighted by Gasteiger charge is 2.20. The number of aliphatic hydroxyl groups excluding tert-OH is 2. The van der Waals surface area contributed by atoms with E-state index in [1.807, 2.05) is 28.7 Å². The summed E-state index contributed by atoms with van der Waals surface area (Å²) in [5.41, 5.74) is 3.87. The summed E-state index contributed by atoms with van der Waals surface area (Å²) in [5.74, 6) is -0.565. The minimum atomic E-state index is -0.316. The normalized spacial score (nSPS) is 14.6. The average Bonchev–Trinajstić information content (AvgIpc) is 3.27. The fourth-order valence-corrected chi connectivity index (χ4v) is 5.24. The number of hydrogen-bond acceptors (Lipinski definition) is 6. The molecular weight excluding hydrogens is 506 g/mol. The third-order valence-corrected chi connectivity index (χ3v) is 7.42. The Bertz CT molecular complexity index is 1460. The molecule has 2 aromatic carbocycles. The number of nitrogens with one attached hydrogen (secondary N) is 1. The number of nitrogens with zero attached hydrogens (tertiary/aromatic N) is 2. The van der Waals surface area contributed by atoms with Gasteiger partial charge in [-0.1, -0.05) is 23.7 Å². The molecule has 5 rings (SSSR count). The van der Waals surface area contributed by atoms with Crippen LogP contribution in [0, 0.1) is 5.92 Å². The predicted octanol–water partition coefficient (Wildman–Crippen LogP) is 2.38. The van der Waals surface area contributed by atoms with Crippen LogP contribution in [0.2, 0.25) is 5.02 Å². The zero-order chi connectivity index (χ0) is 26.6. The molecule has 1 aliphatic heterocycles. The first kappa shape index (κ1) is 26.6. The van der Waals surface area contributed by atoms with E-state index in [2.05, 4.69) is 16.3 Å². The number of aliphatic hydroxyl groups is 2. The largest absolute Gasteiger partial charge is 0.396 e. The standard InChI is InChI=1S/C29H32ClN3O5/c30-24-3-1-19(2-4-24)14-31-27(36)13-23-16-33-25(10-21(17-34)18-35)12-22-9-20(11-26(28(22)33)29(23)37)15-32-5-7-38-8-6-32/h1-4,9,11-12,16,21,34-35H,5-8,10,13-15,17-18H2,(H,31,36). The summed E-state index contributed by atoms with van der Waals surface area (Å²) in [7, 11) is 0. The maximum atomic E-state index is 13.6. The first-order valence-electron chi connectivity index (χ1n) is 12.9. The van der Waals surface area contributed by atoms with E-state index in [4.69, 9.17) is 16.3 Å². The average molecular weight is 538 g/mol. The number of aromatic nitrogens is 1. The van der Waals surface area contributed by atoms with Crippen LogP contribution in [0.15, 0.2) is 53.5 Å². The minimum absolute atomic E-state index is 0.0535. The zero-order valence-electron chi connectivity index (χ0n) is 21.2. The van der Waals surface area contributed by atoms with Gasteiger partial charge in [0.15, 0.2) is 5.43 Å². The van der Waals surface area contributed by atoms with Crippen molar-refractivity contribution in [2.24, 2.45) is 5.92 Å². The number of ether oxygens (including phenoxy) is 1. The van der Waals surface area contributed by atoms with Crippen LogP contribution in [0.1, 0.15) is 22.4 Å². The second kappa shape index (κ2) is 11.8. The van der Waals surface area contributed by atoms with Gasteiger partial charge in [-0.25, -0.2) is 0 Å². The Balaban J connectivity index is 1.48. The van der Waals surface area contributed by atoms with Gasteiger partial charge in [-0.05, 0) is 47.9 Å². The zero-order valence-corrected chi connectivity index (χ0v) is 21.9. The molecule has 200 valence electrons. The molecule has 38 heavy (non-hydrogen) atoms. The topological polar surface area (TPSA) is 104 Å². The molecule has 1 saturated heterocycles. The van der Waals surface area contributed by atoms with Crippen LogP contribution in [0.4, 0.5) is 0 Å². The van der Waals surface area contributed by atoms with Crippen molar-refractivity contribution in [1.29, 1.82) is 0 Å². The van der Waals surface area contributed by atoms with Crippen LogP contribution >= 0.6 is 11.6 Å². The third-order valence-electron chi connectivity index (χ3n) is 7.17. The van der Waals surface area contributed by atoms with Gasteiger partial charge < -0.3 is 24.7 Å². The summed E-state index contributed by atoms with van der Waals surface area (Å²) in [6.07, 6.45) is 2.13. The maximum Gasteiger partial charge on any atom is 0.224 e. The first-order valence-corrected chi connectivity index (χ1v) is 13.3. The number of pyridine rings is 1. The molecule has 3 heterocycles. The SMILES string of the molecule is O=C(Cc1cn2c(CC(CO)CO)cc3cc(CN4CCOCC4)cc(c1=O)c32)NCc1ccc(Cl)cc1. The number of rotatable bonds is 10. The number of benzene rings is 2. The Kier molecular flexibility index (Phi) is 8.26. The molecule has 3 N–H and O–H groups in total. The number of carbonyl (C=O) groups is 1. The van der Waals surface area contributed by atoms with Gasteiger partial charge in [0.25, 0.3) is 0 Å². The van der Waals surface area contributed by atoms with Gasteiger partial charge in [0.1, 0.15) is 0 Å².